The number of rotatable bonds is 5. The number of ether oxygens (including phenoxy) is 1. The zero-order valence-electron chi connectivity index (χ0n) is 14.1. The summed E-state index contributed by atoms with van der Waals surface area (Å²) in [4.78, 5) is 25.6. The summed E-state index contributed by atoms with van der Waals surface area (Å²) in [6.45, 7) is 6.07. The zero-order valence-corrected chi connectivity index (χ0v) is 15.0. The Morgan fingerprint density at radius 1 is 1.25 bits per heavy atom. The van der Waals surface area contributed by atoms with Crippen LogP contribution in [0.15, 0.2) is 24.3 Å². The Hall–Kier alpha value is -2.14. The van der Waals surface area contributed by atoms with Crippen LogP contribution >= 0.6 is 11.3 Å². The summed E-state index contributed by atoms with van der Waals surface area (Å²) in [5.41, 5.74) is 3.44. The number of carbonyl (C=O) groups is 2. The molecule has 1 aromatic heterocycles. The fraction of sp³-hybridized carbons (Fsp3) is 0.368. The second kappa shape index (κ2) is 6.77. The van der Waals surface area contributed by atoms with Crippen LogP contribution in [0.2, 0.25) is 0 Å². The number of hydrogen-bond acceptors (Lipinski definition) is 4. The first-order valence-corrected chi connectivity index (χ1v) is 8.91. The van der Waals surface area contributed by atoms with Gasteiger partial charge < -0.3 is 10.1 Å². The Morgan fingerprint density at radius 3 is 2.67 bits per heavy atom. The Balaban J connectivity index is 1.74. The third-order valence-electron chi connectivity index (χ3n) is 4.23. The molecule has 0 aliphatic heterocycles. The molecular formula is C19H21NO3S. The molecule has 0 unspecified atom stereocenters. The molecular weight excluding hydrogens is 322 g/mol. The van der Waals surface area contributed by atoms with Crippen molar-refractivity contribution in [2.75, 3.05) is 5.32 Å². The number of hydrogen-bond donors (Lipinski definition) is 1. The van der Waals surface area contributed by atoms with Crippen molar-refractivity contribution in [3.63, 3.8) is 0 Å². The third kappa shape index (κ3) is 3.67. The van der Waals surface area contributed by atoms with Gasteiger partial charge in [-0.2, -0.15) is 0 Å². The highest BCUT2D eigenvalue weighted by Gasteiger charge is 2.31. The molecule has 0 bridgehead atoms. The van der Waals surface area contributed by atoms with Crippen LogP contribution < -0.4 is 5.32 Å². The van der Waals surface area contributed by atoms with Crippen molar-refractivity contribution in [3.8, 4) is 0 Å². The van der Waals surface area contributed by atoms with Gasteiger partial charge in [0.05, 0.1) is 5.56 Å². The molecule has 1 N–H and O–H groups in total. The molecule has 1 saturated carbocycles. The van der Waals surface area contributed by atoms with Crippen molar-refractivity contribution >= 4 is 28.2 Å². The van der Waals surface area contributed by atoms with Gasteiger partial charge in [0.15, 0.2) is 0 Å². The van der Waals surface area contributed by atoms with Crippen LogP contribution in [-0.2, 0) is 16.1 Å². The summed E-state index contributed by atoms with van der Waals surface area (Å²) >= 11 is 1.43. The van der Waals surface area contributed by atoms with Crippen LogP contribution in [0, 0.1) is 26.7 Å². The van der Waals surface area contributed by atoms with Gasteiger partial charge in [0.25, 0.3) is 0 Å². The Morgan fingerprint density at radius 2 is 2.00 bits per heavy atom. The van der Waals surface area contributed by atoms with Crippen molar-refractivity contribution < 1.29 is 14.3 Å². The van der Waals surface area contributed by atoms with Crippen molar-refractivity contribution in [3.05, 3.63) is 51.4 Å². The first-order chi connectivity index (χ1) is 11.5. The summed E-state index contributed by atoms with van der Waals surface area (Å²) < 4.78 is 5.48. The standard InChI is InChI=1S/C19H21NO3S/c1-11-5-4-6-14(9-11)10-23-19(22)16-12(2)13(3)24-18(16)20-17(21)15-7-8-15/h4-6,9,15H,7-8,10H2,1-3H3,(H,20,21). The number of nitrogens with one attached hydrogen (secondary N) is 1. The van der Waals surface area contributed by atoms with Gasteiger partial charge in [0.2, 0.25) is 5.91 Å². The molecule has 126 valence electrons. The van der Waals surface area contributed by atoms with Gasteiger partial charge in [0.1, 0.15) is 11.6 Å². The van der Waals surface area contributed by atoms with Crippen molar-refractivity contribution in [1.82, 2.24) is 0 Å². The average Bonchev–Trinajstić information content (AvgIpc) is 3.34. The molecule has 1 aromatic carbocycles. The van der Waals surface area contributed by atoms with Gasteiger partial charge in [-0.1, -0.05) is 29.8 Å². The van der Waals surface area contributed by atoms with E-state index in [1.165, 1.54) is 11.3 Å². The van der Waals surface area contributed by atoms with E-state index < -0.39 is 0 Å². The SMILES string of the molecule is Cc1cccc(COC(=O)c2c(NC(=O)C3CC3)sc(C)c2C)c1. The van der Waals surface area contributed by atoms with Gasteiger partial charge in [-0.3, -0.25) is 4.79 Å². The van der Waals surface area contributed by atoms with E-state index >= 15 is 0 Å². The molecule has 0 spiro atoms. The highest BCUT2D eigenvalue weighted by Crippen LogP contribution is 2.36. The predicted octanol–water partition coefficient (Wildman–Crippen LogP) is 4.38. The molecule has 0 atom stereocenters. The number of esters is 1. The summed E-state index contributed by atoms with van der Waals surface area (Å²) in [6.07, 6.45) is 1.87. The van der Waals surface area contributed by atoms with Crippen LogP contribution in [0.5, 0.6) is 0 Å². The lowest BCUT2D eigenvalue weighted by Crippen LogP contribution is -2.16. The van der Waals surface area contributed by atoms with Gasteiger partial charge in [0, 0.05) is 10.8 Å². The second-order valence-electron chi connectivity index (χ2n) is 6.32. The molecule has 2 aromatic rings. The first-order valence-electron chi connectivity index (χ1n) is 8.09. The van der Waals surface area contributed by atoms with Crippen LogP contribution in [0.1, 0.15) is 44.8 Å². The highest BCUT2D eigenvalue weighted by atomic mass is 32.1. The van der Waals surface area contributed by atoms with E-state index in [0.29, 0.717) is 10.6 Å². The van der Waals surface area contributed by atoms with E-state index in [0.717, 1.165) is 34.4 Å². The molecule has 4 nitrogen and oxygen atoms in total. The summed E-state index contributed by atoms with van der Waals surface area (Å²) in [7, 11) is 0. The van der Waals surface area contributed by atoms with E-state index in [4.69, 9.17) is 4.74 Å². The number of amides is 1. The summed E-state index contributed by atoms with van der Waals surface area (Å²) in [5.74, 6) is -0.280. The maximum atomic E-state index is 12.6. The summed E-state index contributed by atoms with van der Waals surface area (Å²) in [6, 6.07) is 7.87. The highest BCUT2D eigenvalue weighted by molar-refractivity contribution is 7.16. The van der Waals surface area contributed by atoms with Gasteiger partial charge in [-0.05, 0) is 44.7 Å². The van der Waals surface area contributed by atoms with Crippen LogP contribution in [0.4, 0.5) is 5.00 Å². The maximum absolute atomic E-state index is 12.6. The minimum absolute atomic E-state index is 0.00369. The molecule has 1 aliphatic rings. The van der Waals surface area contributed by atoms with Gasteiger partial charge >= 0.3 is 5.97 Å². The third-order valence-corrected chi connectivity index (χ3v) is 5.35. The largest absolute Gasteiger partial charge is 0.457 e. The molecule has 1 aliphatic carbocycles. The Bertz CT molecular complexity index is 790. The number of aryl methyl sites for hydroxylation is 2. The number of thiophene rings is 1. The van der Waals surface area contributed by atoms with Crippen LogP contribution in [-0.4, -0.2) is 11.9 Å². The van der Waals surface area contributed by atoms with E-state index in [2.05, 4.69) is 5.32 Å². The Kier molecular flexibility index (Phi) is 4.71. The smallest absolute Gasteiger partial charge is 0.341 e. The zero-order chi connectivity index (χ0) is 17.3. The predicted molar refractivity (Wildman–Crippen MR) is 95.4 cm³/mol. The molecule has 5 heteroatoms. The first kappa shape index (κ1) is 16.7. The average molecular weight is 343 g/mol. The number of benzene rings is 1. The van der Waals surface area contributed by atoms with Gasteiger partial charge in [-0.15, -0.1) is 11.3 Å². The quantitative estimate of drug-likeness (QED) is 0.820. The van der Waals surface area contributed by atoms with E-state index in [9.17, 15) is 9.59 Å². The minimum atomic E-state index is -0.385. The number of carbonyl (C=O) groups excluding carboxylic acids is 2. The summed E-state index contributed by atoms with van der Waals surface area (Å²) in [5, 5.41) is 3.51. The van der Waals surface area contributed by atoms with Crippen molar-refractivity contribution in [2.45, 2.75) is 40.2 Å². The molecule has 1 heterocycles. The fourth-order valence-electron chi connectivity index (χ4n) is 2.54. The van der Waals surface area contributed by atoms with E-state index in [1.54, 1.807) is 0 Å². The van der Waals surface area contributed by atoms with Crippen molar-refractivity contribution in [1.29, 1.82) is 0 Å². The van der Waals surface area contributed by atoms with E-state index in [1.807, 2.05) is 45.0 Å². The minimum Gasteiger partial charge on any atom is -0.457 e. The monoisotopic (exact) mass is 343 g/mol. The topological polar surface area (TPSA) is 55.4 Å². The lowest BCUT2D eigenvalue weighted by Gasteiger charge is -2.08. The molecule has 3 rings (SSSR count). The lowest BCUT2D eigenvalue weighted by atomic mass is 10.1. The molecule has 0 radical (unpaired) electrons. The van der Waals surface area contributed by atoms with Crippen molar-refractivity contribution in [2.24, 2.45) is 5.92 Å². The molecule has 0 saturated heterocycles. The van der Waals surface area contributed by atoms with Crippen LogP contribution in [0.3, 0.4) is 0 Å². The van der Waals surface area contributed by atoms with Crippen LogP contribution in [0.25, 0.3) is 0 Å². The number of anilines is 1. The molecule has 1 amide bonds. The molecule has 24 heavy (non-hydrogen) atoms. The lowest BCUT2D eigenvalue weighted by molar-refractivity contribution is -0.117. The second-order valence-corrected chi connectivity index (χ2v) is 7.54. The fourth-order valence-corrected chi connectivity index (χ4v) is 3.59. The normalized spacial score (nSPS) is 13.6. The van der Waals surface area contributed by atoms with Gasteiger partial charge in [-0.25, -0.2) is 4.79 Å². The van der Waals surface area contributed by atoms with E-state index in [-0.39, 0.29) is 24.4 Å². The maximum Gasteiger partial charge on any atom is 0.341 e. The Labute approximate surface area is 145 Å². The molecule has 1 fully saturated rings.